The lowest BCUT2D eigenvalue weighted by Gasteiger charge is -2.09. The van der Waals surface area contributed by atoms with Crippen LogP contribution >= 0.6 is 11.3 Å². The van der Waals surface area contributed by atoms with Crippen molar-refractivity contribution < 1.29 is 9.15 Å². The highest BCUT2D eigenvalue weighted by Gasteiger charge is 2.19. The number of aromatic nitrogens is 2. The number of ether oxygens (including phenoxy) is 1. The van der Waals surface area contributed by atoms with Gasteiger partial charge in [-0.25, -0.2) is 9.78 Å². The van der Waals surface area contributed by atoms with Gasteiger partial charge in [0.1, 0.15) is 28.3 Å². The molecule has 130 valence electrons. The summed E-state index contributed by atoms with van der Waals surface area (Å²) in [4.78, 5) is 32.0. The van der Waals surface area contributed by atoms with Crippen molar-refractivity contribution in [2.45, 2.75) is 25.9 Å². The molecule has 26 heavy (non-hydrogen) atoms. The lowest BCUT2D eigenvalue weighted by atomic mass is 10.1. The molecular formula is C19H14N2O4S. The summed E-state index contributed by atoms with van der Waals surface area (Å²) in [5, 5.41) is 0.976. The number of nitrogens with zero attached hydrogens (tertiary/aromatic N) is 1. The highest BCUT2D eigenvalue weighted by Crippen LogP contribution is 2.29. The van der Waals surface area contributed by atoms with E-state index in [-0.39, 0.29) is 17.7 Å². The number of nitrogens with one attached hydrogen (secondary N) is 1. The maximum atomic E-state index is 12.1. The van der Waals surface area contributed by atoms with Gasteiger partial charge in [-0.1, -0.05) is 0 Å². The molecule has 0 atom stereocenters. The summed E-state index contributed by atoms with van der Waals surface area (Å²) in [6.45, 7) is 0.212. The van der Waals surface area contributed by atoms with Crippen LogP contribution in [0.4, 0.5) is 0 Å². The van der Waals surface area contributed by atoms with Gasteiger partial charge in [-0.05, 0) is 37.0 Å². The van der Waals surface area contributed by atoms with Crippen LogP contribution < -0.4 is 15.8 Å². The summed E-state index contributed by atoms with van der Waals surface area (Å²) in [6.07, 6.45) is 2.69. The minimum absolute atomic E-state index is 0.126. The van der Waals surface area contributed by atoms with Gasteiger partial charge in [-0.2, -0.15) is 0 Å². The van der Waals surface area contributed by atoms with Gasteiger partial charge in [-0.15, -0.1) is 11.3 Å². The van der Waals surface area contributed by atoms with E-state index in [1.807, 2.05) is 12.1 Å². The Morgan fingerprint density at radius 2 is 2.08 bits per heavy atom. The van der Waals surface area contributed by atoms with Crippen molar-refractivity contribution in [1.82, 2.24) is 9.97 Å². The van der Waals surface area contributed by atoms with E-state index in [9.17, 15) is 9.59 Å². The fraction of sp³-hybridized carbons (Fsp3) is 0.211. The van der Waals surface area contributed by atoms with Gasteiger partial charge in [0, 0.05) is 23.1 Å². The third-order valence-corrected chi connectivity index (χ3v) is 5.46. The molecule has 3 aromatic heterocycles. The highest BCUT2D eigenvalue weighted by atomic mass is 32.1. The summed E-state index contributed by atoms with van der Waals surface area (Å²) in [5.41, 5.74) is 4.82. The molecular weight excluding hydrogens is 352 g/mol. The Balaban J connectivity index is 1.46. The lowest BCUT2D eigenvalue weighted by Crippen LogP contribution is -2.08. The second kappa shape index (κ2) is 5.81. The number of aromatic amines is 1. The average molecular weight is 366 g/mol. The molecule has 1 aliphatic carbocycles. The van der Waals surface area contributed by atoms with E-state index in [0.717, 1.165) is 40.6 Å². The van der Waals surface area contributed by atoms with E-state index < -0.39 is 0 Å². The summed E-state index contributed by atoms with van der Waals surface area (Å²) >= 11 is 1.38. The third kappa shape index (κ3) is 2.43. The van der Waals surface area contributed by atoms with E-state index in [0.29, 0.717) is 22.5 Å². The molecule has 6 nitrogen and oxygen atoms in total. The van der Waals surface area contributed by atoms with Crippen LogP contribution in [0.2, 0.25) is 0 Å². The fourth-order valence-electron chi connectivity index (χ4n) is 3.51. The molecule has 1 N–H and O–H groups in total. The SMILES string of the molecule is O=c1oc2cc(OCc3cc(=O)c4ncsc4[nH]3)ccc2c2c1CCC2. The molecule has 1 aromatic carbocycles. The normalized spacial score (nSPS) is 13.4. The minimum atomic E-state index is -0.248. The van der Waals surface area contributed by atoms with Crippen LogP contribution in [0.25, 0.3) is 21.3 Å². The van der Waals surface area contributed by atoms with Crippen LogP contribution in [0.15, 0.2) is 43.8 Å². The zero-order valence-corrected chi connectivity index (χ0v) is 14.5. The Hall–Kier alpha value is -2.93. The Kier molecular flexibility index (Phi) is 3.43. The van der Waals surface area contributed by atoms with Gasteiger partial charge in [0.2, 0.25) is 5.43 Å². The molecule has 0 spiro atoms. The number of thiazole rings is 1. The smallest absolute Gasteiger partial charge is 0.339 e. The number of benzene rings is 1. The van der Waals surface area contributed by atoms with Crippen LogP contribution in [0.5, 0.6) is 5.75 Å². The predicted octanol–water partition coefficient (Wildman–Crippen LogP) is 3.16. The molecule has 0 saturated carbocycles. The first-order valence-corrected chi connectivity index (χ1v) is 9.24. The molecule has 0 radical (unpaired) electrons. The predicted molar refractivity (Wildman–Crippen MR) is 99.1 cm³/mol. The van der Waals surface area contributed by atoms with Gasteiger partial charge in [0.15, 0.2) is 0 Å². The molecule has 0 aliphatic heterocycles. The number of rotatable bonds is 3. The number of aryl methyl sites for hydroxylation is 1. The zero-order chi connectivity index (χ0) is 17.7. The van der Waals surface area contributed by atoms with Crippen molar-refractivity contribution in [3.8, 4) is 5.75 Å². The van der Waals surface area contributed by atoms with Crippen LogP contribution in [-0.2, 0) is 19.4 Å². The Morgan fingerprint density at radius 3 is 3.00 bits per heavy atom. The van der Waals surface area contributed by atoms with Gasteiger partial charge < -0.3 is 14.1 Å². The Bertz CT molecular complexity index is 1270. The van der Waals surface area contributed by atoms with E-state index in [1.54, 1.807) is 11.6 Å². The van der Waals surface area contributed by atoms with Crippen LogP contribution in [0, 0.1) is 0 Å². The molecule has 1 aliphatic rings. The maximum Gasteiger partial charge on any atom is 0.339 e. The van der Waals surface area contributed by atoms with Crippen LogP contribution in [0.1, 0.15) is 23.2 Å². The minimum Gasteiger partial charge on any atom is -0.487 e. The second-order valence-electron chi connectivity index (χ2n) is 6.34. The Labute approximate surface area is 151 Å². The lowest BCUT2D eigenvalue weighted by molar-refractivity contribution is 0.301. The molecule has 5 rings (SSSR count). The molecule has 4 aromatic rings. The van der Waals surface area contributed by atoms with Gasteiger partial charge in [-0.3, -0.25) is 4.79 Å². The number of H-pyrrole nitrogens is 1. The molecule has 0 unspecified atom stereocenters. The number of hydrogen-bond acceptors (Lipinski definition) is 6. The maximum absolute atomic E-state index is 12.1. The summed E-state index contributed by atoms with van der Waals surface area (Å²) in [6, 6.07) is 7.03. The monoisotopic (exact) mass is 366 g/mol. The standard InChI is InChI=1S/C19H14N2O4S/c22-15-6-10(21-18-17(15)20-9-26-18)8-24-11-4-5-13-12-2-1-3-14(12)19(23)25-16(13)7-11/h4-7,9H,1-3,8H2,(H,21,22). The third-order valence-electron chi connectivity index (χ3n) is 4.72. The second-order valence-corrected chi connectivity index (χ2v) is 7.19. The van der Waals surface area contributed by atoms with E-state index in [2.05, 4.69) is 9.97 Å². The number of pyridine rings is 1. The molecule has 7 heteroatoms. The topological polar surface area (TPSA) is 85.2 Å². The average Bonchev–Trinajstić information content (AvgIpc) is 3.29. The first-order valence-electron chi connectivity index (χ1n) is 8.36. The van der Waals surface area contributed by atoms with Crippen molar-refractivity contribution >= 4 is 32.7 Å². The Morgan fingerprint density at radius 1 is 1.19 bits per heavy atom. The van der Waals surface area contributed by atoms with Crippen LogP contribution in [-0.4, -0.2) is 9.97 Å². The van der Waals surface area contributed by atoms with E-state index >= 15 is 0 Å². The van der Waals surface area contributed by atoms with E-state index in [4.69, 9.17) is 9.15 Å². The number of fused-ring (bicyclic) bond motifs is 4. The summed E-state index contributed by atoms with van der Waals surface area (Å²) in [7, 11) is 0. The van der Waals surface area contributed by atoms with Crippen molar-refractivity contribution in [2.24, 2.45) is 0 Å². The quantitative estimate of drug-likeness (QED) is 0.563. The van der Waals surface area contributed by atoms with Gasteiger partial charge in [0.25, 0.3) is 0 Å². The highest BCUT2D eigenvalue weighted by molar-refractivity contribution is 7.16. The molecule has 0 fully saturated rings. The summed E-state index contributed by atoms with van der Waals surface area (Å²) in [5.74, 6) is 0.587. The van der Waals surface area contributed by atoms with Gasteiger partial charge >= 0.3 is 5.63 Å². The van der Waals surface area contributed by atoms with Crippen molar-refractivity contribution in [3.63, 3.8) is 0 Å². The van der Waals surface area contributed by atoms with E-state index in [1.165, 1.54) is 17.4 Å². The van der Waals surface area contributed by atoms with Crippen molar-refractivity contribution in [2.75, 3.05) is 0 Å². The van der Waals surface area contributed by atoms with Crippen molar-refractivity contribution in [3.05, 3.63) is 67.2 Å². The largest absolute Gasteiger partial charge is 0.487 e. The molecule has 0 bridgehead atoms. The molecule has 3 heterocycles. The number of hydrogen-bond donors (Lipinski definition) is 1. The van der Waals surface area contributed by atoms with Crippen molar-refractivity contribution in [1.29, 1.82) is 0 Å². The molecule has 0 amide bonds. The van der Waals surface area contributed by atoms with Crippen LogP contribution in [0.3, 0.4) is 0 Å². The fourth-order valence-corrected chi connectivity index (χ4v) is 4.23. The molecule has 0 saturated heterocycles. The zero-order valence-electron chi connectivity index (χ0n) is 13.7. The van der Waals surface area contributed by atoms with Gasteiger partial charge in [0.05, 0.1) is 11.2 Å². The first-order chi connectivity index (χ1) is 12.7. The summed E-state index contributed by atoms with van der Waals surface area (Å²) < 4.78 is 11.3. The first kappa shape index (κ1) is 15.3.